The average Bonchev–Trinajstić information content (AvgIpc) is 3.35. The lowest BCUT2D eigenvalue weighted by Gasteiger charge is -2.15. The number of halogens is 1. The van der Waals surface area contributed by atoms with E-state index < -0.39 is 0 Å². The monoisotopic (exact) mass is 561 g/mol. The zero-order valence-electron chi connectivity index (χ0n) is 20.5. The predicted molar refractivity (Wildman–Crippen MR) is 157 cm³/mol. The molecule has 1 amide bonds. The smallest absolute Gasteiger partial charge is 0.250 e. The quantitative estimate of drug-likeness (QED) is 0.110. The average molecular weight is 562 g/mol. The molecule has 0 aliphatic heterocycles. The van der Waals surface area contributed by atoms with Gasteiger partial charge in [0.15, 0.2) is 15.8 Å². The van der Waals surface area contributed by atoms with Gasteiger partial charge in [-0.15, -0.1) is 11.3 Å². The fourth-order valence-electron chi connectivity index (χ4n) is 3.88. The molecule has 0 saturated carbocycles. The first-order valence-corrected chi connectivity index (χ1v) is 14.1. The highest BCUT2D eigenvalue weighted by Gasteiger charge is 2.14. The first-order chi connectivity index (χ1) is 18.6. The number of hydrazone groups is 1. The van der Waals surface area contributed by atoms with Crippen molar-refractivity contribution in [2.45, 2.75) is 17.9 Å². The van der Waals surface area contributed by atoms with Crippen molar-refractivity contribution in [3.8, 4) is 11.5 Å². The van der Waals surface area contributed by atoms with Gasteiger partial charge in [0, 0.05) is 0 Å². The molecule has 5 aromatic rings. The topological polar surface area (TPSA) is 72.8 Å². The van der Waals surface area contributed by atoms with Gasteiger partial charge in [-0.05, 0) is 53.1 Å². The lowest BCUT2D eigenvalue weighted by molar-refractivity contribution is -0.118. The highest BCUT2D eigenvalue weighted by Crippen LogP contribution is 2.37. The molecule has 0 aliphatic rings. The number of aromatic nitrogens is 1. The summed E-state index contributed by atoms with van der Waals surface area (Å²) in [6.45, 7) is 2.69. The van der Waals surface area contributed by atoms with E-state index in [9.17, 15) is 4.79 Å². The Morgan fingerprint density at radius 3 is 2.76 bits per heavy atom. The van der Waals surface area contributed by atoms with E-state index in [1.807, 2.05) is 55.5 Å². The SMILES string of the molecule is CCOc1cc(/C=N\NC(=O)CSc2nc3ccccc3s2)cc(Cl)c1OCc1cccc2ccccc12. The summed E-state index contributed by atoms with van der Waals surface area (Å²) in [5.74, 6) is 0.967. The molecule has 0 aliphatic carbocycles. The molecule has 1 heterocycles. The van der Waals surface area contributed by atoms with Crippen molar-refractivity contribution < 1.29 is 14.3 Å². The summed E-state index contributed by atoms with van der Waals surface area (Å²) < 4.78 is 13.9. The Hall–Kier alpha value is -3.59. The lowest BCUT2D eigenvalue weighted by Crippen LogP contribution is -2.19. The summed E-state index contributed by atoms with van der Waals surface area (Å²) in [4.78, 5) is 16.8. The number of carbonyl (C=O) groups is 1. The maximum atomic E-state index is 12.3. The number of para-hydroxylation sites is 1. The molecule has 4 aromatic carbocycles. The predicted octanol–water partition coefficient (Wildman–Crippen LogP) is 7.32. The number of nitrogens with one attached hydrogen (secondary N) is 1. The minimum Gasteiger partial charge on any atom is -0.490 e. The van der Waals surface area contributed by atoms with Crippen LogP contribution in [0.3, 0.4) is 0 Å². The first kappa shape index (κ1) is 26.0. The zero-order valence-corrected chi connectivity index (χ0v) is 22.9. The summed E-state index contributed by atoms with van der Waals surface area (Å²) in [5, 5.41) is 6.76. The Balaban J connectivity index is 1.22. The highest BCUT2D eigenvalue weighted by atomic mass is 35.5. The van der Waals surface area contributed by atoms with E-state index in [0.717, 1.165) is 30.9 Å². The van der Waals surface area contributed by atoms with E-state index in [-0.39, 0.29) is 11.7 Å². The lowest BCUT2D eigenvalue weighted by atomic mass is 10.1. The second-order valence-corrected chi connectivity index (χ2v) is 10.9. The molecule has 192 valence electrons. The Bertz CT molecular complexity index is 1580. The Labute approximate surface area is 233 Å². The van der Waals surface area contributed by atoms with Gasteiger partial charge in [-0.3, -0.25) is 4.79 Å². The molecule has 9 heteroatoms. The van der Waals surface area contributed by atoms with Crippen LogP contribution in [0.1, 0.15) is 18.1 Å². The number of carbonyl (C=O) groups excluding carboxylic acids is 1. The van der Waals surface area contributed by atoms with Crippen LogP contribution >= 0.6 is 34.7 Å². The molecular weight excluding hydrogens is 538 g/mol. The summed E-state index contributed by atoms with van der Waals surface area (Å²) in [5.41, 5.74) is 5.22. The van der Waals surface area contributed by atoms with Gasteiger partial charge in [0.2, 0.25) is 0 Å². The van der Waals surface area contributed by atoms with Crippen molar-refractivity contribution in [3.05, 3.63) is 95.0 Å². The van der Waals surface area contributed by atoms with Crippen LogP contribution in [-0.4, -0.2) is 29.5 Å². The molecule has 1 aromatic heterocycles. The molecule has 0 radical (unpaired) electrons. The minimum atomic E-state index is -0.225. The number of amides is 1. The summed E-state index contributed by atoms with van der Waals surface area (Å²) in [6, 6.07) is 25.7. The van der Waals surface area contributed by atoms with Crippen molar-refractivity contribution >= 4 is 67.8 Å². The van der Waals surface area contributed by atoms with E-state index in [4.69, 9.17) is 21.1 Å². The number of thioether (sulfide) groups is 1. The van der Waals surface area contributed by atoms with Crippen LogP contribution in [0.25, 0.3) is 21.0 Å². The molecule has 0 atom stereocenters. The van der Waals surface area contributed by atoms with Crippen LogP contribution in [0.2, 0.25) is 5.02 Å². The molecule has 1 N–H and O–H groups in total. The normalized spacial score (nSPS) is 11.3. The fraction of sp³-hybridized carbons (Fsp3) is 0.138. The zero-order chi connectivity index (χ0) is 26.3. The number of benzene rings is 4. The largest absolute Gasteiger partial charge is 0.490 e. The van der Waals surface area contributed by atoms with E-state index in [1.165, 1.54) is 18.0 Å². The molecule has 38 heavy (non-hydrogen) atoms. The van der Waals surface area contributed by atoms with Gasteiger partial charge in [0.1, 0.15) is 6.61 Å². The van der Waals surface area contributed by atoms with Gasteiger partial charge in [-0.25, -0.2) is 10.4 Å². The van der Waals surface area contributed by atoms with Crippen molar-refractivity contribution in [1.82, 2.24) is 10.4 Å². The standard InChI is InChI=1S/C29H24ClN3O3S2/c1-2-35-25-15-19(16-31-33-27(34)18-37-29-32-24-12-5-6-13-26(24)38-29)14-23(30)28(25)36-17-21-10-7-9-20-8-3-4-11-22(20)21/h3-16H,2,17-18H2,1H3,(H,33,34)/b31-16-. The number of fused-ring (bicyclic) bond motifs is 2. The number of thiazole rings is 1. The summed E-state index contributed by atoms with van der Waals surface area (Å²) >= 11 is 9.53. The summed E-state index contributed by atoms with van der Waals surface area (Å²) in [6.07, 6.45) is 1.53. The Kier molecular flexibility index (Phi) is 8.43. The molecule has 0 fully saturated rings. The molecule has 0 bridgehead atoms. The first-order valence-electron chi connectivity index (χ1n) is 12.0. The van der Waals surface area contributed by atoms with Gasteiger partial charge in [-0.2, -0.15) is 5.10 Å². The number of hydrogen-bond donors (Lipinski definition) is 1. The maximum absolute atomic E-state index is 12.3. The number of nitrogens with zero attached hydrogens (tertiary/aromatic N) is 2. The van der Waals surface area contributed by atoms with Crippen molar-refractivity contribution in [3.63, 3.8) is 0 Å². The second kappa shape index (κ2) is 12.3. The fourth-order valence-corrected chi connectivity index (χ4v) is 6.02. The van der Waals surface area contributed by atoms with Crippen LogP contribution in [-0.2, 0) is 11.4 Å². The van der Waals surface area contributed by atoms with Crippen molar-refractivity contribution in [2.24, 2.45) is 5.10 Å². The Morgan fingerprint density at radius 1 is 1.08 bits per heavy atom. The van der Waals surface area contributed by atoms with Crippen LogP contribution in [0, 0.1) is 0 Å². The van der Waals surface area contributed by atoms with Crippen LogP contribution in [0.5, 0.6) is 11.5 Å². The molecular formula is C29H24ClN3O3S2. The molecule has 0 spiro atoms. The van der Waals surface area contributed by atoms with Crippen LogP contribution in [0.15, 0.2) is 88.3 Å². The second-order valence-electron chi connectivity index (χ2n) is 8.22. The highest BCUT2D eigenvalue weighted by molar-refractivity contribution is 8.01. The van der Waals surface area contributed by atoms with Gasteiger partial charge < -0.3 is 9.47 Å². The van der Waals surface area contributed by atoms with E-state index in [1.54, 1.807) is 23.5 Å². The molecule has 5 rings (SSSR count). The van der Waals surface area contributed by atoms with Crippen LogP contribution < -0.4 is 14.9 Å². The van der Waals surface area contributed by atoms with E-state index in [0.29, 0.717) is 35.3 Å². The van der Waals surface area contributed by atoms with Crippen LogP contribution in [0.4, 0.5) is 0 Å². The van der Waals surface area contributed by atoms with Gasteiger partial charge in [0.05, 0.1) is 33.8 Å². The third-order valence-corrected chi connectivity index (χ3v) is 8.05. The van der Waals surface area contributed by atoms with Crippen molar-refractivity contribution in [1.29, 1.82) is 0 Å². The molecule has 6 nitrogen and oxygen atoms in total. The minimum absolute atomic E-state index is 0.211. The van der Waals surface area contributed by atoms with E-state index in [2.05, 4.69) is 33.7 Å². The summed E-state index contributed by atoms with van der Waals surface area (Å²) in [7, 11) is 0. The van der Waals surface area contributed by atoms with Gasteiger partial charge in [0.25, 0.3) is 5.91 Å². The third kappa shape index (κ3) is 6.27. The number of hydrogen-bond acceptors (Lipinski definition) is 7. The Morgan fingerprint density at radius 2 is 1.89 bits per heavy atom. The third-order valence-electron chi connectivity index (χ3n) is 5.59. The molecule has 0 unspecified atom stereocenters. The van der Waals surface area contributed by atoms with Gasteiger partial charge in [-0.1, -0.05) is 78.0 Å². The molecule has 0 saturated heterocycles. The van der Waals surface area contributed by atoms with Crippen molar-refractivity contribution in [2.75, 3.05) is 12.4 Å². The number of rotatable bonds is 10. The van der Waals surface area contributed by atoms with E-state index >= 15 is 0 Å². The maximum Gasteiger partial charge on any atom is 0.250 e. The number of ether oxygens (including phenoxy) is 2. The van der Waals surface area contributed by atoms with Gasteiger partial charge >= 0.3 is 0 Å².